The van der Waals surface area contributed by atoms with Gasteiger partial charge in [0.25, 0.3) is 0 Å². The Morgan fingerprint density at radius 3 is 2.65 bits per heavy atom. The molecule has 17 heavy (non-hydrogen) atoms. The van der Waals surface area contributed by atoms with Crippen LogP contribution < -0.4 is 10.5 Å². The summed E-state index contributed by atoms with van der Waals surface area (Å²) in [5, 5.41) is 8.53. The van der Waals surface area contributed by atoms with Crippen molar-refractivity contribution in [1.29, 1.82) is 0 Å². The molecule has 0 saturated heterocycles. The summed E-state index contributed by atoms with van der Waals surface area (Å²) < 4.78 is 18.0. The standard InChI is InChI=1S/C13H18FNO2/c14-11-5-7-13(8-6-11)17-10-12(15)4-2-1-3-9-16/h1,3,5-8,12,16H,2,4,9-10,15H2/b3-1+. The van der Waals surface area contributed by atoms with E-state index in [-0.39, 0.29) is 18.5 Å². The molecule has 4 heteroatoms. The molecule has 1 aromatic carbocycles. The lowest BCUT2D eigenvalue weighted by molar-refractivity contribution is 0.282. The summed E-state index contributed by atoms with van der Waals surface area (Å²) in [6.07, 6.45) is 5.18. The van der Waals surface area contributed by atoms with E-state index >= 15 is 0 Å². The van der Waals surface area contributed by atoms with Crippen LogP contribution in [-0.2, 0) is 0 Å². The van der Waals surface area contributed by atoms with Gasteiger partial charge in [0.15, 0.2) is 0 Å². The number of aliphatic hydroxyl groups excluding tert-OH is 1. The molecular formula is C13H18FNO2. The zero-order valence-corrected chi connectivity index (χ0v) is 9.68. The third-order valence-electron chi connectivity index (χ3n) is 2.25. The molecule has 0 aliphatic heterocycles. The number of allylic oxidation sites excluding steroid dienone is 1. The monoisotopic (exact) mass is 239 g/mol. The van der Waals surface area contributed by atoms with Crippen molar-refractivity contribution in [3.63, 3.8) is 0 Å². The van der Waals surface area contributed by atoms with Crippen molar-refractivity contribution in [2.45, 2.75) is 18.9 Å². The molecule has 0 amide bonds. The highest BCUT2D eigenvalue weighted by Gasteiger charge is 2.02. The van der Waals surface area contributed by atoms with Gasteiger partial charge < -0.3 is 15.6 Å². The van der Waals surface area contributed by atoms with Gasteiger partial charge in [0.05, 0.1) is 6.61 Å². The van der Waals surface area contributed by atoms with Crippen LogP contribution in [0.5, 0.6) is 5.75 Å². The number of hydrogen-bond acceptors (Lipinski definition) is 3. The van der Waals surface area contributed by atoms with Crippen LogP contribution in [0.15, 0.2) is 36.4 Å². The zero-order valence-electron chi connectivity index (χ0n) is 9.68. The van der Waals surface area contributed by atoms with Gasteiger partial charge in [-0.1, -0.05) is 12.2 Å². The predicted molar refractivity (Wildman–Crippen MR) is 65.3 cm³/mol. The lowest BCUT2D eigenvalue weighted by Gasteiger charge is -2.12. The van der Waals surface area contributed by atoms with E-state index in [1.807, 2.05) is 6.08 Å². The highest BCUT2D eigenvalue weighted by Crippen LogP contribution is 2.11. The Morgan fingerprint density at radius 2 is 2.00 bits per heavy atom. The van der Waals surface area contributed by atoms with Gasteiger partial charge in [0, 0.05) is 6.04 Å². The molecule has 0 radical (unpaired) electrons. The quantitative estimate of drug-likeness (QED) is 0.714. The number of benzene rings is 1. The number of halogens is 1. The molecule has 0 aliphatic carbocycles. The summed E-state index contributed by atoms with van der Waals surface area (Å²) >= 11 is 0. The van der Waals surface area contributed by atoms with E-state index in [9.17, 15) is 4.39 Å². The van der Waals surface area contributed by atoms with Crippen molar-refractivity contribution < 1.29 is 14.2 Å². The maximum Gasteiger partial charge on any atom is 0.123 e. The Balaban J connectivity index is 2.21. The summed E-state index contributed by atoms with van der Waals surface area (Å²) in [7, 11) is 0. The molecule has 0 aliphatic rings. The summed E-state index contributed by atoms with van der Waals surface area (Å²) in [6, 6.07) is 5.79. The largest absolute Gasteiger partial charge is 0.492 e. The second kappa shape index (κ2) is 7.81. The molecule has 0 heterocycles. The highest BCUT2D eigenvalue weighted by molar-refractivity contribution is 5.22. The van der Waals surface area contributed by atoms with Gasteiger partial charge in [0.1, 0.15) is 18.2 Å². The van der Waals surface area contributed by atoms with Gasteiger partial charge in [-0.3, -0.25) is 0 Å². The molecule has 1 unspecified atom stereocenters. The van der Waals surface area contributed by atoms with Crippen molar-refractivity contribution in [2.24, 2.45) is 5.73 Å². The maximum absolute atomic E-state index is 12.6. The van der Waals surface area contributed by atoms with Crippen molar-refractivity contribution in [3.05, 3.63) is 42.2 Å². The molecule has 1 rings (SSSR count). The molecular weight excluding hydrogens is 221 g/mol. The molecule has 0 fully saturated rings. The first-order valence-electron chi connectivity index (χ1n) is 5.62. The summed E-state index contributed by atoms with van der Waals surface area (Å²) in [6.45, 7) is 0.458. The maximum atomic E-state index is 12.6. The molecule has 0 bridgehead atoms. The third kappa shape index (κ3) is 6.04. The normalized spacial score (nSPS) is 12.9. The van der Waals surface area contributed by atoms with E-state index < -0.39 is 0 Å². The summed E-state index contributed by atoms with van der Waals surface area (Å²) in [5.41, 5.74) is 5.84. The average molecular weight is 239 g/mol. The second-order valence-corrected chi connectivity index (χ2v) is 3.76. The van der Waals surface area contributed by atoms with Crippen LogP contribution in [0.4, 0.5) is 4.39 Å². The lowest BCUT2D eigenvalue weighted by Crippen LogP contribution is -2.27. The Bertz CT molecular complexity index is 338. The third-order valence-corrected chi connectivity index (χ3v) is 2.25. The minimum atomic E-state index is -0.282. The van der Waals surface area contributed by atoms with Gasteiger partial charge in [-0.05, 0) is 37.1 Å². The Labute approximate surface area is 101 Å². The fourth-order valence-electron chi connectivity index (χ4n) is 1.32. The Hall–Kier alpha value is -1.39. The highest BCUT2D eigenvalue weighted by atomic mass is 19.1. The van der Waals surface area contributed by atoms with Crippen LogP contribution in [0.25, 0.3) is 0 Å². The van der Waals surface area contributed by atoms with Gasteiger partial charge >= 0.3 is 0 Å². The van der Waals surface area contributed by atoms with Crippen molar-refractivity contribution in [3.8, 4) is 5.75 Å². The first-order valence-corrected chi connectivity index (χ1v) is 5.62. The number of aliphatic hydroxyl groups is 1. The van der Waals surface area contributed by atoms with Gasteiger partial charge in [-0.2, -0.15) is 0 Å². The van der Waals surface area contributed by atoms with Crippen LogP contribution >= 0.6 is 0 Å². The van der Waals surface area contributed by atoms with Crippen LogP contribution in [0.2, 0.25) is 0 Å². The molecule has 3 N–H and O–H groups in total. The van der Waals surface area contributed by atoms with E-state index in [0.29, 0.717) is 12.4 Å². The van der Waals surface area contributed by atoms with Gasteiger partial charge in [0.2, 0.25) is 0 Å². The van der Waals surface area contributed by atoms with Crippen molar-refractivity contribution in [1.82, 2.24) is 0 Å². The van der Waals surface area contributed by atoms with Crippen molar-refractivity contribution >= 4 is 0 Å². The molecule has 1 aromatic rings. The topological polar surface area (TPSA) is 55.5 Å². The van der Waals surface area contributed by atoms with Gasteiger partial charge in [-0.15, -0.1) is 0 Å². The molecule has 0 aromatic heterocycles. The van der Waals surface area contributed by atoms with E-state index in [1.54, 1.807) is 18.2 Å². The first kappa shape index (κ1) is 13.7. The summed E-state index contributed by atoms with van der Waals surface area (Å²) in [4.78, 5) is 0. The molecule has 3 nitrogen and oxygen atoms in total. The van der Waals surface area contributed by atoms with E-state index in [4.69, 9.17) is 15.6 Å². The van der Waals surface area contributed by atoms with Gasteiger partial charge in [-0.25, -0.2) is 4.39 Å². The SMILES string of the molecule is NC(CC/C=C/CO)COc1ccc(F)cc1. The minimum absolute atomic E-state index is 0.0569. The number of rotatable bonds is 7. The molecule has 94 valence electrons. The Morgan fingerprint density at radius 1 is 1.29 bits per heavy atom. The fraction of sp³-hybridized carbons (Fsp3) is 0.385. The number of nitrogens with two attached hydrogens (primary N) is 1. The lowest BCUT2D eigenvalue weighted by atomic mass is 10.2. The zero-order chi connectivity index (χ0) is 12.5. The molecule has 0 saturated carbocycles. The predicted octanol–water partition coefficient (Wildman–Crippen LogP) is 1.86. The van der Waals surface area contributed by atoms with E-state index in [1.165, 1.54) is 12.1 Å². The smallest absolute Gasteiger partial charge is 0.123 e. The van der Waals surface area contributed by atoms with Crippen molar-refractivity contribution in [2.75, 3.05) is 13.2 Å². The average Bonchev–Trinajstić information content (AvgIpc) is 2.34. The number of hydrogen-bond donors (Lipinski definition) is 2. The van der Waals surface area contributed by atoms with Crippen LogP contribution in [0.1, 0.15) is 12.8 Å². The Kier molecular flexibility index (Phi) is 6.29. The first-order chi connectivity index (χ1) is 8.22. The van der Waals surface area contributed by atoms with E-state index in [2.05, 4.69) is 0 Å². The van der Waals surface area contributed by atoms with Crippen LogP contribution in [-0.4, -0.2) is 24.4 Å². The molecule has 0 spiro atoms. The minimum Gasteiger partial charge on any atom is -0.492 e. The number of ether oxygens (including phenoxy) is 1. The second-order valence-electron chi connectivity index (χ2n) is 3.76. The fourth-order valence-corrected chi connectivity index (χ4v) is 1.32. The van der Waals surface area contributed by atoms with Crippen LogP contribution in [0, 0.1) is 5.82 Å². The summed E-state index contributed by atoms with van der Waals surface area (Å²) in [5.74, 6) is 0.337. The van der Waals surface area contributed by atoms with E-state index in [0.717, 1.165) is 12.8 Å². The van der Waals surface area contributed by atoms with Crippen LogP contribution in [0.3, 0.4) is 0 Å². The molecule has 1 atom stereocenters.